The highest BCUT2D eigenvalue weighted by Gasteiger charge is 2.29. The van der Waals surface area contributed by atoms with Crippen LogP contribution in [0.4, 0.5) is 10.1 Å². The fourth-order valence-corrected chi connectivity index (χ4v) is 5.20. The number of esters is 1. The molecule has 0 aliphatic carbocycles. The minimum atomic E-state index is -3.84. The second kappa shape index (κ2) is 9.74. The summed E-state index contributed by atoms with van der Waals surface area (Å²) < 4.78 is 46.6. The molecule has 0 spiro atoms. The lowest BCUT2D eigenvalue weighted by Crippen LogP contribution is -2.36. The number of hydrogen-bond acceptors (Lipinski definition) is 5. The Balaban J connectivity index is 1.41. The molecule has 0 saturated carbocycles. The number of aryl methyl sites for hydroxylation is 1. The molecule has 0 bridgehead atoms. The van der Waals surface area contributed by atoms with E-state index in [4.69, 9.17) is 4.74 Å². The van der Waals surface area contributed by atoms with Crippen LogP contribution in [-0.2, 0) is 32.5 Å². The molecule has 1 aliphatic heterocycles. The van der Waals surface area contributed by atoms with Gasteiger partial charge in [0.15, 0.2) is 6.61 Å². The van der Waals surface area contributed by atoms with Crippen LogP contribution in [0.1, 0.15) is 27.0 Å². The van der Waals surface area contributed by atoms with Gasteiger partial charge in [-0.3, -0.25) is 4.79 Å². The summed E-state index contributed by atoms with van der Waals surface area (Å²) in [5, 5.41) is 2.34. The van der Waals surface area contributed by atoms with Crippen LogP contribution in [0.25, 0.3) is 0 Å². The van der Waals surface area contributed by atoms with Crippen LogP contribution in [-0.4, -0.2) is 37.8 Å². The smallest absolute Gasteiger partial charge is 0.338 e. The Morgan fingerprint density at radius 1 is 1.03 bits per heavy atom. The van der Waals surface area contributed by atoms with Crippen LogP contribution in [0.5, 0.6) is 0 Å². The van der Waals surface area contributed by atoms with E-state index in [1.54, 1.807) is 13.0 Å². The van der Waals surface area contributed by atoms with Gasteiger partial charge < -0.3 is 10.1 Å². The Kier molecular flexibility index (Phi) is 6.76. The van der Waals surface area contributed by atoms with E-state index in [0.29, 0.717) is 18.5 Å². The van der Waals surface area contributed by atoms with E-state index in [1.165, 1.54) is 40.7 Å². The molecule has 3 aromatic carbocycles. The zero-order valence-electron chi connectivity index (χ0n) is 18.5. The SMILES string of the molecule is Cc1ccc(NC(=O)COC(=O)c2cccc(S(=O)(=O)N3CCc4ccccc4C3)c2)c(F)c1. The van der Waals surface area contributed by atoms with Gasteiger partial charge in [0.25, 0.3) is 5.91 Å². The van der Waals surface area contributed by atoms with E-state index in [9.17, 15) is 22.4 Å². The Hall–Kier alpha value is -3.56. The van der Waals surface area contributed by atoms with Crippen molar-refractivity contribution in [3.05, 3.63) is 94.8 Å². The zero-order chi connectivity index (χ0) is 24.3. The van der Waals surface area contributed by atoms with Gasteiger partial charge in [-0.2, -0.15) is 4.31 Å². The van der Waals surface area contributed by atoms with Gasteiger partial charge in [0.2, 0.25) is 10.0 Å². The minimum Gasteiger partial charge on any atom is -0.452 e. The summed E-state index contributed by atoms with van der Waals surface area (Å²) in [6.45, 7) is 1.66. The Bertz CT molecular complexity index is 1360. The van der Waals surface area contributed by atoms with Gasteiger partial charge in [0.1, 0.15) is 5.82 Å². The van der Waals surface area contributed by atoms with Gasteiger partial charge in [-0.05, 0) is 60.4 Å². The molecule has 4 rings (SSSR count). The van der Waals surface area contributed by atoms with Gasteiger partial charge in [-0.1, -0.05) is 36.4 Å². The number of benzene rings is 3. The topological polar surface area (TPSA) is 92.8 Å². The lowest BCUT2D eigenvalue weighted by Gasteiger charge is -2.28. The molecule has 1 N–H and O–H groups in total. The maximum atomic E-state index is 13.9. The number of nitrogens with one attached hydrogen (secondary N) is 1. The molecule has 0 fully saturated rings. The molecule has 176 valence electrons. The largest absolute Gasteiger partial charge is 0.452 e. The van der Waals surface area contributed by atoms with Crippen LogP contribution in [0.15, 0.2) is 71.6 Å². The second-order valence-corrected chi connectivity index (χ2v) is 9.93. The first kappa shape index (κ1) is 23.6. The van der Waals surface area contributed by atoms with E-state index in [-0.39, 0.29) is 22.7 Å². The third-order valence-electron chi connectivity index (χ3n) is 5.54. The predicted molar refractivity (Wildman–Crippen MR) is 124 cm³/mol. The summed E-state index contributed by atoms with van der Waals surface area (Å²) in [4.78, 5) is 24.5. The van der Waals surface area contributed by atoms with Crippen molar-refractivity contribution in [2.75, 3.05) is 18.5 Å². The summed E-state index contributed by atoms with van der Waals surface area (Å²) in [5.74, 6) is -2.18. The summed E-state index contributed by atoms with van der Waals surface area (Å²) in [5.41, 5.74) is 2.74. The van der Waals surface area contributed by atoms with Crippen molar-refractivity contribution in [1.82, 2.24) is 4.31 Å². The quantitative estimate of drug-likeness (QED) is 0.541. The molecule has 3 aromatic rings. The number of amides is 1. The number of halogens is 1. The van der Waals surface area contributed by atoms with E-state index < -0.39 is 34.3 Å². The maximum Gasteiger partial charge on any atom is 0.338 e. The van der Waals surface area contributed by atoms with Gasteiger partial charge >= 0.3 is 5.97 Å². The van der Waals surface area contributed by atoms with Crippen LogP contribution in [0, 0.1) is 12.7 Å². The highest BCUT2D eigenvalue weighted by atomic mass is 32.2. The van der Waals surface area contributed by atoms with Crippen molar-refractivity contribution in [3.8, 4) is 0 Å². The van der Waals surface area contributed by atoms with Gasteiger partial charge in [0, 0.05) is 13.1 Å². The van der Waals surface area contributed by atoms with E-state index in [2.05, 4.69) is 5.32 Å². The zero-order valence-corrected chi connectivity index (χ0v) is 19.3. The Labute approximate surface area is 197 Å². The fraction of sp³-hybridized carbons (Fsp3) is 0.200. The highest BCUT2D eigenvalue weighted by Crippen LogP contribution is 2.25. The van der Waals surface area contributed by atoms with Crippen LogP contribution >= 0.6 is 0 Å². The normalized spacial score (nSPS) is 13.7. The Morgan fingerprint density at radius 2 is 1.79 bits per heavy atom. The number of ether oxygens (including phenoxy) is 1. The molecule has 0 atom stereocenters. The number of fused-ring (bicyclic) bond motifs is 1. The molecule has 0 radical (unpaired) electrons. The first-order chi connectivity index (χ1) is 16.2. The summed E-state index contributed by atoms with van der Waals surface area (Å²) in [6.07, 6.45) is 0.605. The molecule has 1 amide bonds. The van der Waals surface area contributed by atoms with E-state index >= 15 is 0 Å². The molecule has 0 saturated heterocycles. The van der Waals surface area contributed by atoms with Gasteiger partial charge in [-0.15, -0.1) is 0 Å². The summed E-state index contributed by atoms with van der Waals surface area (Å²) in [6, 6.07) is 17.5. The third-order valence-corrected chi connectivity index (χ3v) is 7.38. The molecule has 0 unspecified atom stereocenters. The third kappa shape index (κ3) is 5.16. The molecule has 0 aromatic heterocycles. The fourth-order valence-electron chi connectivity index (χ4n) is 3.73. The highest BCUT2D eigenvalue weighted by molar-refractivity contribution is 7.89. The minimum absolute atomic E-state index is 0.00667. The number of carbonyl (C=O) groups excluding carboxylic acids is 2. The number of hydrogen-bond donors (Lipinski definition) is 1. The lowest BCUT2D eigenvalue weighted by atomic mass is 10.0. The van der Waals surface area contributed by atoms with Crippen molar-refractivity contribution in [2.24, 2.45) is 0 Å². The monoisotopic (exact) mass is 482 g/mol. The Morgan fingerprint density at radius 3 is 2.56 bits per heavy atom. The molecule has 34 heavy (non-hydrogen) atoms. The molecule has 1 aliphatic rings. The first-order valence-corrected chi connectivity index (χ1v) is 12.1. The van der Waals surface area contributed by atoms with Crippen LogP contribution < -0.4 is 5.32 Å². The van der Waals surface area contributed by atoms with Gasteiger partial charge in [-0.25, -0.2) is 17.6 Å². The average molecular weight is 483 g/mol. The van der Waals surface area contributed by atoms with Crippen LogP contribution in [0.2, 0.25) is 0 Å². The van der Waals surface area contributed by atoms with Crippen molar-refractivity contribution < 1.29 is 27.1 Å². The van der Waals surface area contributed by atoms with Crippen molar-refractivity contribution in [1.29, 1.82) is 0 Å². The number of nitrogens with zero attached hydrogens (tertiary/aromatic N) is 1. The average Bonchev–Trinajstić information content (AvgIpc) is 2.84. The van der Waals surface area contributed by atoms with Crippen molar-refractivity contribution in [2.45, 2.75) is 24.8 Å². The number of anilines is 1. The van der Waals surface area contributed by atoms with Crippen molar-refractivity contribution in [3.63, 3.8) is 0 Å². The summed E-state index contributed by atoms with van der Waals surface area (Å²) >= 11 is 0. The van der Waals surface area contributed by atoms with E-state index in [0.717, 1.165) is 11.1 Å². The number of carbonyl (C=O) groups is 2. The standard InChI is InChI=1S/C25H23FN2O5S/c1-17-9-10-23(22(26)13-17)27-24(29)16-33-25(30)19-7-4-8-21(14-19)34(31,32)28-12-11-18-5-2-3-6-20(18)15-28/h2-10,13-14H,11-12,15-16H2,1H3,(H,27,29). The molecular weight excluding hydrogens is 459 g/mol. The predicted octanol–water partition coefficient (Wildman–Crippen LogP) is 3.68. The summed E-state index contributed by atoms with van der Waals surface area (Å²) in [7, 11) is -3.84. The van der Waals surface area contributed by atoms with E-state index in [1.807, 2.05) is 24.3 Å². The molecule has 7 nitrogen and oxygen atoms in total. The lowest BCUT2D eigenvalue weighted by molar-refractivity contribution is -0.119. The maximum absolute atomic E-state index is 13.9. The number of rotatable bonds is 6. The second-order valence-electron chi connectivity index (χ2n) is 7.99. The van der Waals surface area contributed by atoms with Gasteiger partial charge in [0.05, 0.1) is 16.1 Å². The molecular formula is C25H23FN2O5S. The van der Waals surface area contributed by atoms with Crippen molar-refractivity contribution >= 4 is 27.6 Å². The molecule has 9 heteroatoms. The molecule has 1 heterocycles. The number of sulfonamides is 1. The first-order valence-electron chi connectivity index (χ1n) is 10.6. The van der Waals surface area contributed by atoms with Crippen LogP contribution in [0.3, 0.4) is 0 Å².